The number of halogens is 1. The zero-order valence-corrected chi connectivity index (χ0v) is 15.6. The number of hydrogen-bond donors (Lipinski definition) is 1. The average Bonchev–Trinajstić information content (AvgIpc) is 3.05. The quantitative estimate of drug-likeness (QED) is 0.465. The molecule has 6 heteroatoms. The standard InChI is InChI=1S/C18H28ClN3O2/c1-14-11-16(19)5-6-17(14)24-9-4-8-21-18(20-2)22(3)12-15-7-10-23-13-15/h5-6,11,15H,4,7-10,12-13H2,1-3H3,(H,20,21). The normalized spacial score (nSPS) is 17.8. The van der Waals surface area contributed by atoms with Crippen LogP contribution in [0.25, 0.3) is 0 Å². The summed E-state index contributed by atoms with van der Waals surface area (Å²) in [6.07, 6.45) is 2.04. The van der Waals surface area contributed by atoms with Crippen molar-refractivity contribution < 1.29 is 9.47 Å². The van der Waals surface area contributed by atoms with E-state index in [-0.39, 0.29) is 0 Å². The number of benzene rings is 1. The van der Waals surface area contributed by atoms with Crippen LogP contribution in [0.15, 0.2) is 23.2 Å². The Morgan fingerprint density at radius 3 is 3.00 bits per heavy atom. The summed E-state index contributed by atoms with van der Waals surface area (Å²) in [5.74, 6) is 2.41. The highest BCUT2D eigenvalue weighted by Crippen LogP contribution is 2.21. The van der Waals surface area contributed by atoms with Crippen molar-refractivity contribution in [2.45, 2.75) is 19.8 Å². The van der Waals surface area contributed by atoms with Gasteiger partial charge in [0.15, 0.2) is 5.96 Å². The predicted molar refractivity (Wildman–Crippen MR) is 99.2 cm³/mol. The minimum atomic E-state index is 0.602. The molecule has 0 spiro atoms. The molecule has 0 bridgehead atoms. The highest BCUT2D eigenvalue weighted by atomic mass is 35.5. The molecule has 1 aromatic rings. The van der Waals surface area contributed by atoms with E-state index < -0.39 is 0 Å². The first kappa shape index (κ1) is 18.9. The van der Waals surface area contributed by atoms with Crippen LogP contribution in [0.5, 0.6) is 5.75 Å². The Hall–Kier alpha value is -1.46. The number of nitrogens with zero attached hydrogens (tertiary/aromatic N) is 2. The second-order valence-corrected chi connectivity index (χ2v) is 6.63. The second-order valence-electron chi connectivity index (χ2n) is 6.20. The van der Waals surface area contributed by atoms with Crippen LogP contribution < -0.4 is 10.1 Å². The minimum absolute atomic E-state index is 0.602. The van der Waals surface area contributed by atoms with E-state index in [1.165, 1.54) is 0 Å². The maximum Gasteiger partial charge on any atom is 0.193 e. The molecule has 24 heavy (non-hydrogen) atoms. The molecule has 1 fully saturated rings. The summed E-state index contributed by atoms with van der Waals surface area (Å²) < 4.78 is 11.2. The Morgan fingerprint density at radius 1 is 1.50 bits per heavy atom. The molecule has 0 saturated carbocycles. The van der Waals surface area contributed by atoms with E-state index >= 15 is 0 Å². The van der Waals surface area contributed by atoms with Crippen LogP contribution in [0.2, 0.25) is 5.02 Å². The summed E-state index contributed by atoms with van der Waals surface area (Å²) in [5, 5.41) is 4.12. The molecule has 5 nitrogen and oxygen atoms in total. The van der Waals surface area contributed by atoms with Crippen molar-refractivity contribution in [1.29, 1.82) is 0 Å². The lowest BCUT2D eigenvalue weighted by Crippen LogP contribution is -2.42. The van der Waals surface area contributed by atoms with Gasteiger partial charge >= 0.3 is 0 Å². The molecule has 0 amide bonds. The van der Waals surface area contributed by atoms with Crippen LogP contribution in [-0.4, -0.2) is 57.9 Å². The first-order valence-corrected chi connectivity index (χ1v) is 8.86. The van der Waals surface area contributed by atoms with Crippen LogP contribution in [0, 0.1) is 12.8 Å². The summed E-state index contributed by atoms with van der Waals surface area (Å²) >= 11 is 5.95. The van der Waals surface area contributed by atoms with E-state index in [2.05, 4.69) is 22.3 Å². The van der Waals surface area contributed by atoms with Gasteiger partial charge in [-0.3, -0.25) is 4.99 Å². The van der Waals surface area contributed by atoms with Gasteiger partial charge in [0.1, 0.15) is 5.75 Å². The van der Waals surface area contributed by atoms with Gasteiger partial charge in [-0.1, -0.05) is 11.6 Å². The maximum atomic E-state index is 5.95. The molecule has 134 valence electrons. The largest absolute Gasteiger partial charge is 0.493 e. The van der Waals surface area contributed by atoms with Gasteiger partial charge in [0.25, 0.3) is 0 Å². The van der Waals surface area contributed by atoms with E-state index in [0.717, 1.165) is 61.4 Å². The third-order valence-electron chi connectivity index (χ3n) is 4.13. The van der Waals surface area contributed by atoms with Gasteiger partial charge in [-0.15, -0.1) is 0 Å². The summed E-state index contributed by atoms with van der Waals surface area (Å²) in [4.78, 5) is 6.51. The van der Waals surface area contributed by atoms with Gasteiger partial charge in [0.05, 0.1) is 13.2 Å². The van der Waals surface area contributed by atoms with Crippen molar-refractivity contribution in [3.05, 3.63) is 28.8 Å². The maximum absolute atomic E-state index is 5.95. The fourth-order valence-corrected chi connectivity index (χ4v) is 3.04. The van der Waals surface area contributed by atoms with Gasteiger partial charge in [0, 0.05) is 44.7 Å². The number of guanidine groups is 1. The van der Waals surface area contributed by atoms with Crippen LogP contribution in [0.4, 0.5) is 0 Å². The molecule has 0 aliphatic carbocycles. The Morgan fingerprint density at radius 2 is 2.33 bits per heavy atom. The average molecular weight is 354 g/mol. The highest BCUT2D eigenvalue weighted by molar-refractivity contribution is 6.30. The zero-order chi connectivity index (χ0) is 17.4. The minimum Gasteiger partial charge on any atom is -0.493 e. The number of nitrogens with one attached hydrogen (secondary N) is 1. The zero-order valence-electron chi connectivity index (χ0n) is 14.8. The van der Waals surface area contributed by atoms with Crippen molar-refractivity contribution in [2.75, 3.05) is 47.0 Å². The Balaban J connectivity index is 1.66. The molecule has 0 radical (unpaired) electrons. The third kappa shape index (κ3) is 5.87. The van der Waals surface area contributed by atoms with Crippen LogP contribution in [0.3, 0.4) is 0 Å². The second kappa shape index (κ2) is 9.74. The topological polar surface area (TPSA) is 46.1 Å². The SMILES string of the molecule is CN=C(NCCCOc1ccc(Cl)cc1C)N(C)CC1CCOC1. The van der Waals surface area contributed by atoms with Crippen LogP contribution in [-0.2, 0) is 4.74 Å². The van der Waals surface area contributed by atoms with Crippen molar-refractivity contribution in [1.82, 2.24) is 10.2 Å². The van der Waals surface area contributed by atoms with Crippen LogP contribution >= 0.6 is 11.6 Å². The van der Waals surface area contributed by atoms with E-state index in [4.69, 9.17) is 21.1 Å². The predicted octanol–water partition coefficient (Wildman–Crippen LogP) is 2.96. The highest BCUT2D eigenvalue weighted by Gasteiger charge is 2.18. The van der Waals surface area contributed by atoms with E-state index in [0.29, 0.717) is 12.5 Å². The fraction of sp³-hybridized carbons (Fsp3) is 0.611. The van der Waals surface area contributed by atoms with Crippen molar-refractivity contribution in [3.8, 4) is 5.75 Å². The Bertz CT molecular complexity index is 545. The number of aryl methyl sites for hydroxylation is 1. The first-order valence-electron chi connectivity index (χ1n) is 8.48. The lowest BCUT2D eigenvalue weighted by molar-refractivity contribution is 0.181. The van der Waals surface area contributed by atoms with Gasteiger partial charge in [-0.25, -0.2) is 0 Å². The van der Waals surface area contributed by atoms with E-state index in [1.54, 1.807) is 0 Å². The third-order valence-corrected chi connectivity index (χ3v) is 4.36. The molecule has 1 heterocycles. The fourth-order valence-electron chi connectivity index (χ4n) is 2.82. The molecule has 1 aromatic carbocycles. The molecule has 1 N–H and O–H groups in total. The molecule has 2 rings (SSSR count). The van der Waals surface area contributed by atoms with Crippen LogP contribution in [0.1, 0.15) is 18.4 Å². The van der Waals surface area contributed by atoms with Crippen molar-refractivity contribution in [2.24, 2.45) is 10.9 Å². The van der Waals surface area contributed by atoms with Crippen molar-refractivity contribution >= 4 is 17.6 Å². The number of ether oxygens (including phenoxy) is 2. The lowest BCUT2D eigenvalue weighted by Gasteiger charge is -2.24. The van der Waals surface area contributed by atoms with E-state index in [9.17, 15) is 0 Å². The summed E-state index contributed by atoms with van der Waals surface area (Å²) in [7, 11) is 3.89. The molecule has 0 aromatic heterocycles. The Kier molecular flexibility index (Phi) is 7.66. The summed E-state index contributed by atoms with van der Waals surface area (Å²) in [6, 6.07) is 5.69. The smallest absolute Gasteiger partial charge is 0.193 e. The summed E-state index contributed by atoms with van der Waals surface area (Å²) in [5.41, 5.74) is 1.06. The van der Waals surface area contributed by atoms with Gasteiger partial charge in [0.2, 0.25) is 0 Å². The molecular weight excluding hydrogens is 326 g/mol. The van der Waals surface area contributed by atoms with Gasteiger partial charge < -0.3 is 19.7 Å². The summed E-state index contributed by atoms with van der Waals surface area (Å²) in [6.45, 7) is 6.20. The number of rotatable bonds is 7. The molecular formula is C18H28ClN3O2. The van der Waals surface area contributed by atoms with Crippen molar-refractivity contribution in [3.63, 3.8) is 0 Å². The Labute approximate surface area is 150 Å². The number of hydrogen-bond acceptors (Lipinski definition) is 3. The lowest BCUT2D eigenvalue weighted by atomic mass is 10.1. The molecule has 1 aliphatic heterocycles. The molecule has 1 saturated heterocycles. The molecule has 1 aliphatic rings. The van der Waals surface area contributed by atoms with E-state index in [1.807, 2.05) is 32.2 Å². The van der Waals surface area contributed by atoms with Gasteiger partial charge in [-0.05, 0) is 43.5 Å². The van der Waals surface area contributed by atoms with Gasteiger partial charge in [-0.2, -0.15) is 0 Å². The molecule has 1 atom stereocenters. The monoisotopic (exact) mass is 353 g/mol. The number of aliphatic imine (C=N–C) groups is 1. The molecule has 1 unspecified atom stereocenters. The first-order chi connectivity index (χ1) is 11.6.